The monoisotopic (exact) mass is 268 g/mol. The molecule has 3 rings (SSSR count). The molecule has 0 aliphatic carbocycles. The van der Waals surface area contributed by atoms with Gasteiger partial charge in [0.2, 0.25) is 0 Å². The fraction of sp³-hybridized carbons (Fsp3) is 0.188. The fourth-order valence-corrected chi connectivity index (χ4v) is 2.57. The number of carbonyl (C=O) groups excluding carboxylic acids is 1. The summed E-state index contributed by atoms with van der Waals surface area (Å²) >= 11 is 0. The van der Waals surface area contributed by atoms with Gasteiger partial charge in [-0.3, -0.25) is 4.79 Å². The molecule has 2 aromatic rings. The summed E-state index contributed by atoms with van der Waals surface area (Å²) in [6.07, 6.45) is 0.858. The molecule has 0 saturated carbocycles. The number of methoxy groups -OCH3 is 1. The van der Waals surface area contributed by atoms with Gasteiger partial charge in [-0.2, -0.15) is 0 Å². The van der Waals surface area contributed by atoms with Crippen molar-refractivity contribution in [2.45, 2.75) is 6.42 Å². The molecule has 0 atom stereocenters. The van der Waals surface area contributed by atoms with Crippen LogP contribution in [0.5, 0.6) is 5.75 Å². The van der Waals surface area contributed by atoms with E-state index >= 15 is 0 Å². The van der Waals surface area contributed by atoms with Crippen molar-refractivity contribution < 1.29 is 9.53 Å². The topological polar surface area (TPSA) is 55.6 Å². The highest BCUT2D eigenvalue weighted by Crippen LogP contribution is 2.32. The van der Waals surface area contributed by atoms with Crippen molar-refractivity contribution in [2.24, 2.45) is 0 Å². The lowest BCUT2D eigenvalue weighted by atomic mass is 10.1. The van der Waals surface area contributed by atoms with E-state index < -0.39 is 0 Å². The maximum atomic E-state index is 12.7. The molecule has 0 fully saturated rings. The van der Waals surface area contributed by atoms with E-state index in [4.69, 9.17) is 10.5 Å². The van der Waals surface area contributed by atoms with E-state index in [2.05, 4.69) is 0 Å². The summed E-state index contributed by atoms with van der Waals surface area (Å²) in [6, 6.07) is 13.0. The van der Waals surface area contributed by atoms with E-state index in [1.54, 1.807) is 24.1 Å². The molecular weight excluding hydrogens is 252 g/mol. The van der Waals surface area contributed by atoms with E-state index in [0.29, 0.717) is 23.5 Å². The summed E-state index contributed by atoms with van der Waals surface area (Å²) in [5.41, 5.74) is 9.13. The number of nitrogens with zero attached hydrogens (tertiary/aromatic N) is 1. The first-order valence-electron chi connectivity index (χ1n) is 6.54. The number of para-hydroxylation sites is 1. The molecule has 0 bridgehead atoms. The average molecular weight is 268 g/mol. The summed E-state index contributed by atoms with van der Waals surface area (Å²) in [6.45, 7) is 0.676. The van der Waals surface area contributed by atoms with Gasteiger partial charge in [0.25, 0.3) is 5.91 Å². The van der Waals surface area contributed by atoms with Gasteiger partial charge in [-0.15, -0.1) is 0 Å². The Bertz CT molecular complexity index is 667. The van der Waals surface area contributed by atoms with Crippen LogP contribution in [0.1, 0.15) is 15.9 Å². The molecule has 1 aliphatic rings. The molecule has 0 spiro atoms. The van der Waals surface area contributed by atoms with Crippen molar-refractivity contribution in [1.82, 2.24) is 0 Å². The molecule has 1 heterocycles. The molecule has 2 N–H and O–H groups in total. The van der Waals surface area contributed by atoms with E-state index in [1.807, 2.05) is 30.3 Å². The number of carbonyl (C=O) groups is 1. The van der Waals surface area contributed by atoms with Crippen LogP contribution >= 0.6 is 0 Å². The standard InChI is InChI=1S/C16H16N2O2/c1-20-15-5-3-2-4-13(15)16(19)18-9-8-11-6-7-12(17)10-14(11)18/h2-7,10H,8-9,17H2,1H3. The van der Waals surface area contributed by atoms with Gasteiger partial charge in [-0.25, -0.2) is 0 Å². The van der Waals surface area contributed by atoms with Crippen molar-refractivity contribution in [2.75, 3.05) is 24.3 Å². The highest BCUT2D eigenvalue weighted by atomic mass is 16.5. The Kier molecular flexibility index (Phi) is 3.06. The number of nitrogens with two attached hydrogens (primary N) is 1. The minimum Gasteiger partial charge on any atom is -0.496 e. The van der Waals surface area contributed by atoms with Crippen molar-refractivity contribution in [1.29, 1.82) is 0 Å². The number of amides is 1. The van der Waals surface area contributed by atoms with Gasteiger partial charge >= 0.3 is 0 Å². The Labute approximate surface area is 117 Å². The van der Waals surface area contributed by atoms with Gasteiger partial charge in [0.1, 0.15) is 5.75 Å². The van der Waals surface area contributed by atoms with E-state index in [-0.39, 0.29) is 5.91 Å². The van der Waals surface area contributed by atoms with E-state index in [9.17, 15) is 4.79 Å². The Morgan fingerprint density at radius 1 is 1.25 bits per heavy atom. The number of ether oxygens (including phenoxy) is 1. The molecule has 1 aliphatic heterocycles. The van der Waals surface area contributed by atoms with Gasteiger partial charge in [-0.1, -0.05) is 18.2 Å². The summed E-state index contributed by atoms with van der Waals surface area (Å²) < 4.78 is 5.27. The van der Waals surface area contributed by atoms with Crippen molar-refractivity contribution in [3.63, 3.8) is 0 Å². The molecule has 20 heavy (non-hydrogen) atoms. The molecule has 0 aromatic heterocycles. The normalized spacial score (nSPS) is 13.2. The van der Waals surface area contributed by atoms with E-state index in [0.717, 1.165) is 17.7 Å². The SMILES string of the molecule is COc1ccccc1C(=O)N1CCc2ccc(N)cc21. The van der Waals surface area contributed by atoms with Crippen LogP contribution in [0, 0.1) is 0 Å². The van der Waals surface area contributed by atoms with Gasteiger partial charge in [0.05, 0.1) is 12.7 Å². The zero-order valence-corrected chi connectivity index (χ0v) is 11.3. The first-order valence-corrected chi connectivity index (χ1v) is 6.54. The number of fused-ring (bicyclic) bond motifs is 1. The van der Waals surface area contributed by atoms with Crippen LogP contribution in [0.4, 0.5) is 11.4 Å². The van der Waals surface area contributed by atoms with Crippen LogP contribution < -0.4 is 15.4 Å². The van der Waals surface area contributed by atoms with E-state index in [1.165, 1.54) is 0 Å². The zero-order chi connectivity index (χ0) is 14.1. The summed E-state index contributed by atoms with van der Waals surface area (Å²) in [4.78, 5) is 14.5. The number of nitrogen functional groups attached to an aromatic ring is 1. The average Bonchev–Trinajstić information content (AvgIpc) is 2.89. The molecule has 4 nitrogen and oxygen atoms in total. The highest BCUT2D eigenvalue weighted by Gasteiger charge is 2.27. The van der Waals surface area contributed by atoms with Crippen LogP contribution in [0.3, 0.4) is 0 Å². The predicted molar refractivity (Wildman–Crippen MR) is 79.2 cm³/mol. The molecule has 102 valence electrons. The number of hydrogen-bond donors (Lipinski definition) is 1. The van der Waals surface area contributed by atoms with Gasteiger partial charge < -0.3 is 15.4 Å². The highest BCUT2D eigenvalue weighted by molar-refractivity contribution is 6.09. The Balaban J connectivity index is 2.00. The van der Waals surface area contributed by atoms with Crippen LogP contribution in [-0.2, 0) is 6.42 Å². The molecule has 4 heteroatoms. The van der Waals surface area contributed by atoms with Crippen LogP contribution in [0.25, 0.3) is 0 Å². The maximum Gasteiger partial charge on any atom is 0.262 e. The second-order valence-corrected chi connectivity index (χ2v) is 4.80. The minimum atomic E-state index is -0.0493. The number of rotatable bonds is 2. The number of anilines is 2. The molecule has 0 saturated heterocycles. The maximum absolute atomic E-state index is 12.7. The molecule has 2 aromatic carbocycles. The fourth-order valence-electron chi connectivity index (χ4n) is 2.57. The van der Waals surface area contributed by atoms with Crippen LogP contribution in [-0.4, -0.2) is 19.6 Å². The third kappa shape index (κ3) is 1.99. The lowest BCUT2D eigenvalue weighted by Gasteiger charge is -2.19. The molecule has 1 amide bonds. The molecule has 0 radical (unpaired) electrons. The quantitative estimate of drug-likeness (QED) is 0.851. The van der Waals surface area contributed by atoms with Crippen LogP contribution in [0.15, 0.2) is 42.5 Å². The minimum absolute atomic E-state index is 0.0493. The zero-order valence-electron chi connectivity index (χ0n) is 11.3. The first kappa shape index (κ1) is 12.5. The van der Waals surface area contributed by atoms with Crippen molar-refractivity contribution in [3.8, 4) is 5.75 Å². The summed E-state index contributed by atoms with van der Waals surface area (Å²) in [5.74, 6) is 0.543. The summed E-state index contributed by atoms with van der Waals surface area (Å²) in [5, 5.41) is 0. The smallest absolute Gasteiger partial charge is 0.262 e. The Morgan fingerprint density at radius 3 is 2.85 bits per heavy atom. The third-order valence-electron chi connectivity index (χ3n) is 3.59. The molecule has 0 unspecified atom stereocenters. The summed E-state index contributed by atoms with van der Waals surface area (Å²) in [7, 11) is 1.57. The van der Waals surface area contributed by atoms with Crippen molar-refractivity contribution >= 4 is 17.3 Å². The lowest BCUT2D eigenvalue weighted by Crippen LogP contribution is -2.29. The lowest BCUT2D eigenvalue weighted by molar-refractivity contribution is 0.0986. The number of benzene rings is 2. The molecular formula is C16H16N2O2. The third-order valence-corrected chi connectivity index (χ3v) is 3.59. The van der Waals surface area contributed by atoms with Crippen molar-refractivity contribution in [3.05, 3.63) is 53.6 Å². The largest absolute Gasteiger partial charge is 0.496 e. The second kappa shape index (κ2) is 4.89. The Morgan fingerprint density at radius 2 is 2.05 bits per heavy atom. The Hall–Kier alpha value is -2.49. The second-order valence-electron chi connectivity index (χ2n) is 4.80. The van der Waals surface area contributed by atoms with Crippen LogP contribution in [0.2, 0.25) is 0 Å². The van der Waals surface area contributed by atoms with Gasteiger partial charge in [-0.05, 0) is 36.2 Å². The van der Waals surface area contributed by atoms with Gasteiger partial charge in [0.15, 0.2) is 0 Å². The predicted octanol–water partition coefficient (Wildman–Crippen LogP) is 2.48. The number of hydrogen-bond acceptors (Lipinski definition) is 3. The van der Waals surface area contributed by atoms with Gasteiger partial charge in [0, 0.05) is 17.9 Å². The first-order chi connectivity index (χ1) is 9.70.